The number of anilines is 1. The molecule has 5 nitrogen and oxygen atoms in total. The Morgan fingerprint density at radius 1 is 0.789 bits per heavy atom. The van der Waals surface area contributed by atoms with Crippen LogP contribution in [-0.4, -0.2) is 16.3 Å². The lowest BCUT2D eigenvalue weighted by molar-refractivity contribution is -0.274. The molecule has 2 heterocycles. The summed E-state index contributed by atoms with van der Waals surface area (Å²) in [4.78, 5) is 8.59. The number of aromatic nitrogens is 2. The molecule has 0 aliphatic rings. The van der Waals surface area contributed by atoms with Crippen molar-refractivity contribution in [2.75, 3.05) is 5.73 Å². The first-order valence-electron chi connectivity index (χ1n) is 10.8. The van der Waals surface area contributed by atoms with Crippen LogP contribution in [0, 0.1) is 0 Å². The summed E-state index contributed by atoms with van der Waals surface area (Å²) >= 11 is 1.28. The number of halogens is 6. The maximum Gasteiger partial charge on any atom is 0.573 e. The maximum absolute atomic E-state index is 13.1. The standard InChI is InChI=1S/C26H15F6N3O2S/c27-25(28,29)16-8-4-14(5-9-16)18-12-22(36-20-2-1-3-21-23(20)35-24(33)38-21)34-13-19(18)15-6-10-17(11-7-15)37-26(30,31)32/h1-13H,(H2,33,35). The van der Waals surface area contributed by atoms with Gasteiger partial charge in [-0.25, -0.2) is 9.97 Å². The van der Waals surface area contributed by atoms with Gasteiger partial charge in [0.1, 0.15) is 11.3 Å². The van der Waals surface area contributed by atoms with Gasteiger partial charge < -0.3 is 15.2 Å². The van der Waals surface area contributed by atoms with Crippen LogP contribution in [0.15, 0.2) is 79.0 Å². The highest BCUT2D eigenvalue weighted by atomic mass is 32.1. The van der Waals surface area contributed by atoms with Crippen molar-refractivity contribution in [3.05, 3.63) is 84.6 Å². The summed E-state index contributed by atoms with van der Waals surface area (Å²) in [6.45, 7) is 0. The van der Waals surface area contributed by atoms with E-state index in [1.807, 2.05) is 6.07 Å². The Balaban J connectivity index is 1.57. The molecule has 2 N–H and O–H groups in total. The van der Waals surface area contributed by atoms with Gasteiger partial charge in [-0.3, -0.25) is 0 Å². The number of alkyl halides is 6. The predicted molar refractivity (Wildman–Crippen MR) is 131 cm³/mol. The summed E-state index contributed by atoms with van der Waals surface area (Å²) in [5.74, 6) is 0.0864. The zero-order chi connectivity index (χ0) is 27.1. The lowest BCUT2D eigenvalue weighted by atomic mass is 9.95. The Kier molecular flexibility index (Phi) is 6.35. The smallest absolute Gasteiger partial charge is 0.437 e. The van der Waals surface area contributed by atoms with Gasteiger partial charge in [-0.15, -0.1) is 13.2 Å². The van der Waals surface area contributed by atoms with E-state index in [-0.39, 0.29) is 5.88 Å². The van der Waals surface area contributed by atoms with Gasteiger partial charge in [0, 0.05) is 17.8 Å². The van der Waals surface area contributed by atoms with Crippen LogP contribution in [0.4, 0.5) is 31.5 Å². The average Bonchev–Trinajstić information content (AvgIpc) is 3.24. The topological polar surface area (TPSA) is 70.3 Å². The van der Waals surface area contributed by atoms with Crippen molar-refractivity contribution in [2.45, 2.75) is 12.5 Å². The van der Waals surface area contributed by atoms with Crippen molar-refractivity contribution >= 4 is 26.7 Å². The Morgan fingerprint density at radius 2 is 1.45 bits per heavy atom. The van der Waals surface area contributed by atoms with Crippen LogP contribution in [-0.2, 0) is 6.18 Å². The monoisotopic (exact) mass is 547 g/mol. The van der Waals surface area contributed by atoms with Gasteiger partial charge in [-0.05, 0) is 53.1 Å². The number of ether oxygens (including phenoxy) is 2. The fraction of sp³-hybridized carbons (Fsp3) is 0.0769. The Hall–Kier alpha value is -4.32. The molecule has 3 aromatic carbocycles. The van der Waals surface area contributed by atoms with Gasteiger partial charge in [0.25, 0.3) is 0 Å². The minimum Gasteiger partial charge on any atom is -0.437 e. The van der Waals surface area contributed by atoms with Crippen LogP contribution in [0.5, 0.6) is 17.4 Å². The second-order valence-electron chi connectivity index (χ2n) is 7.97. The van der Waals surface area contributed by atoms with E-state index in [0.717, 1.165) is 29.0 Å². The molecular weight excluding hydrogens is 532 g/mol. The Bertz CT molecular complexity index is 1600. The fourth-order valence-electron chi connectivity index (χ4n) is 3.77. The van der Waals surface area contributed by atoms with Crippen molar-refractivity contribution in [3.8, 4) is 39.6 Å². The quantitative estimate of drug-likeness (QED) is 0.224. The molecule has 0 amide bonds. The van der Waals surface area contributed by atoms with Gasteiger partial charge >= 0.3 is 12.5 Å². The largest absolute Gasteiger partial charge is 0.573 e. The maximum atomic E-state index is 13.1. The normalized spacial score (nSPS) is 12.1. The third-order valence-electron chi connectivity index (χ3n) is 5.41. The third-order valence-corrected chi connectivity index (χ3v) is 6.26. The van der Waals surface area contributed by atoms with Crippen molar-refractivity contribution in [2.24, 2.45) is 0 Å². The predicted octanol–water partition coefficient (Wildman–Crippen LogP) is 8.32. The number of rotatable bonds is 5. The van der Waals surface area contributed by atoms with E-state index in [9.17, 15) is 26.3 Å². The summed E-state index contributed by atoms with van der Waals surface area (Å²) in [6, 6.07) is 16.3. The number of para-hydroxylation sites is 1. The average molecular weight is 547 g/mol. The molecule has 0 radical (unpaired) electrons. The van der Waals surface area contributed by atoms with Gasteiger partial charge in [0.2, 0.25) is 5.88 Å². The summed E-state index contributed by atoms with van der Waals surface area (Å²) in [6.07, 6.45) is -7.94. The Morgan fingerprint density at radius 3 is 2.11 bits per heavy atom. The van der Waals surface area contributed by atoms with Crippen LogP contribution in [0.2, 0.25) is 0 Å². The highest BCUT2D eigenvalue weighted by molar-refractivity contribution is 7.22. The zero-order valence-electron chi connectivity index (χ0n) is 19.0. The number of nitrogens with zero attached hydrogens (tertiary/aromatic N) is 2. The third kappa shape index (κ3) is 5.49. The highest BCUT2D eigenvalue weighted by Gasteiger charge is 2.31. The van der Waals surface area contributed by atoms with E-state index in [1.165, 1.54) is 47.9 Å². The number of thiazole rings is 1. The van der Waals surface area contributed by atoms with E-state index in [1.54, 1.807) is 12.1 Å². The molecule has 12 heteroatoms. The van der Waals surface area contributed by atoms with E-state index in [4.69, 9.17) is 10.5 Å². The molecule has 0 spiro atoms. The lowest BCUT2D eigenvalue weighted by Gasteiger charge is -2.14. The first kappa shape index (κ1) is 25.3. The molecule has 5 aromatic rings. The minimum absolute atomic E-state index is 0.125. The van der Waals surface area contributed by atoms with E-state index >= 15 is 0 Å². The van der Waals surface area contributed by atoms with Crippen LogP contribution in [0.3, 0.4) is 0 Å². The second-order valence-corrected chi connectivity index (χ2v) is 9.03. The summed E-state index contributed by atoms with van der Waals surface area (Å²) in [7, 11) is 0. The van der Waals surface area contributed by atoms with Crippen LogP contribution in [0.1, 0.15) is 5.56 Å². The van der Waals surface area contributed by atoms with E-state index < -0.39 is 23.9 Å². The lowest BCUT2D eigenvalue weighted by Crippen LogP contribution is -2.16. The number of nitrogen functional groups attached to an aromatic ring is 1. The van der Waals surface area contributed by atoms with Crippen molar-refractivity contribution in [3.63, 3.8) is 0 Å². The summed E-state index contributed by atoms with van der Waals surface area (Å²) in [5.41, 5.74) is 7.27. The molecular formula is C26H15F6N3O2S. The highest BCUT2D eigenvalue weighted by Crippen LogP contribution is 2.39. The number of hydrogen-bond acceptors (Lipinski definition) is 6. The van der Waals surface area contributed by atoms with Gasteiger partial charge in [-0.1, -0.05) is 41.7 Å². The van der Waals surface area contributed by atoms with Crippen LogP contribution >= 0.6 is 11.3 Å². The number of nitrogens with two attached hydrogens (primary N) is 1. The molecule has 194 valence electrons. The summed E-state index contributed by atoms with van der Waals surface area (Å²) < 4.78 is 87.7. The SMILES string of the molecule is Nc1nc2c(Oc3cc(-c4ccc(C(F)(F)F)cc4)c(-c4ccc(OC(F)(F)F)cc4)cn3)cccc2s1. The van der Waals surface area contributed by atoms with Crippen LogP contribution in [0.25, 0.3) is 32.5 Å². The van der Waals surface area contributed by atoms with E-state index in [2.05, 4.69) is 14.7 Å². The molecule has 5 rings (SSSR count). The van der Waals surface area contributed by atoms with Gasteiger partial charge in [0.05, 0.1) is 10.3 Å². The Labute approximate surface area is 215 Å². The minimum atomic E-state index is -4.85. The molecule has 2 aromatic heterocycles. The van der Waals surface area contributed by atoms with Crippen molar-refractivity contribution in [1.29, 1.82) is 0 Å². The molecule has 0 atom stereocenters. The molecule has 0 aliphatic heterocycles. The number of hydrogen-bond donors (Lipinski definition) is 1. The van der Waals surface area contributed by atoms with Gasteiger partial charge in [0.15, 0.2) is 10.9 Å². The molecule has 0 aliphatic carbocycles. The number of pyridine rings is 1. The fourth-order valence-corrected chi connectivity index (χ4v) is 4.52. The first-order valence-corrected chi connectivity index (χ1v) is 11.6. The van der Waals surface area contributed by atoms with Crippen LogP contribution < -0.4 is 15.2 Å². The van der Waals surface area contributed by atoms with Gasteiger partial charge in [-0.2, -0.15) is 13.2 Å². The molecule has 0 saturated carbocycles. The molecule has 0 unspecified atom stereocenters. The first-order chi connectivity index (χ1) is 18.0. The van der Waals surface area contributed by atoms with Crippen molar-refractivity contribution < 1.29 is 35.8 Å². The number of fused-ring (bicyclic) bond motifs is 1. The summed E-state index contributed by atoms with van der Waals surface area (Å²) in [5, 5.41) is 0.350. The molecule has 0 saturated heterocycles. The number of benzene rings is 3. The molecule has 0 fully saturated rings. The molecule has 0 bridgehead atoms. The molecule has 38 heavy (non-hydrogen) atoms. The zero-order valence-corrected chi connectivity index (χ0v) is 19.8. The van der Waals surface area contributed by atoms with Crippen molar-refractivity contribution in [1.82, 2.24) is 9.97 Å². The second kappa shape index (κ2) is 9.53. The van der Waals surface area contributed by atoms with E-state index in [0.29, 0.717) is 38.7 Å².